The van der Waals surface area contributed by atoms with Crippen molar-refractivity contribution in [2.45, 2.75) is 19.4 Å². The molecule has 2 rings (SSSR count). The summed E-state index contributed by atoms with van der Waals surface area (Å²) in [5.74, 6) is -1.53. The number of hydrogen-bond donors (Lipinski definition) is 1. The minimum atomic E-state index is -0.604. The maximum Gasteiger partial charge on any atom is 0.228 e. The molecule has 7 heteroatoms. The Kier molecular flexibility index (Phi) is 5.03. The number of likely N-dealkylation sites (N-methyl/N-ethyl adjacent to an activating group) is 1. The summed E-state index contributed by atoms with van der Waals surface area (Å²) in [6.45, 7) is 1.78. The van der Waals surface area contributed by atoms with E-state index in [9.17, 15) is 14.0 Å². The van der Waals surface area contributed by atoms with Crippen LogP contribution in [0.25, 0.3) is 0 Å². The molecule has 0 radical (unpaired) electrons. The first-order chi connectivity index (χ1) is 10.3. The van der Waals surface area contributed by atoms with Crippen LogP contribution in [-0.2, 0) is 9.59 Å². The maximum atomic E-state index is 13.5. The van der Waals surface area contributed by atoms with Gasteiger partial charge in [0.25, 0.3) is 0 Å². The molecule has 0 aromatic heterocycles. The fourth-order valence-electron chi connectivity index (χ4n) is 2.40. The van der Waals surface area contributed by atoms with Gasteiger partial charge >= 0.3 is 0 Å². The lowest BCUT2D eigenvalue weighted by Crippen LogP contribution is -2.41. The van der Waals surface area contributed by atoms with Gasteiger partial charge in [-0.25, -0.2) is 4.39 Å². The lowest BCUT2D eigenvalue weighted by Gasteiger charge is -2.26. The van der Waals surface area contributed by atoms with E-state index in [2.05, 4.69) is 0 Å². The molecule has 1 aromatic carbocycles. The molecular weight excluding hydrogens is 311 g/mol. The van der Waals surface area contributed by atoms with Crippen LogP contribution < -0.4 is 4.90 Å². The van der Waals surface area contributed by atoms with Crippen LogP contribution in [0, 0.1) is 11.7 Å². The molecule has 5 nitrogen and oxygen atoms in total. The van der Waals surface area contributed by atoms with Crippen LogP contribution in [0.1, 0.15) is 13.3 Å². The smallest absolute Gasteiger partial charge is 0.228 e. The fraction of sp³-hybridized carbons (Fsp3) is 0.467. The first-order valence-corrected chi connectivity index (χ1v) is 7.36. The van der Waals surface area contributed by atoms with E-state index in [1.165, 1.54) is 21.9 Å². The van der Waals surface area contributed by atoms with E-state index < -0.39 is 11.7 Å². The van der Waals surface area contributed by atoms with Gasteiger partial charge in [-0.15, -0.1) is 0 Å². The van der Waals surface area contributed by atoms with Gasteiger partial charge in [0.05, 0.1) is 23.6 Å². The van der Waals surface area contributed by atoms with Crippen LogP contribution >= 0.6 is 11.6 Å². The van der Waals surface area contributed by atoms with E-state index in [0.717, 1.165) is 0 Å². The summed E-state index contributed by atoms with van der Waals surface area (Å²) in [5, 5.41) is 9.10. The summed E-state index contributed by atoms with van der Waals surface area (Å²) in [6.07, 6.45) is 0.0750. The predicted molar refractivity (Wildman–Crippen MR) is 81.2 cm³/mol. The van der Waals surface area contributed by atoms with Gasteiger partial charge in [0.1, 0.15) is 5.82 Å². The summed E-state index contributed by atoms with van der Waals surface area (Å²) in [6, 6.07) is 3.81. The Morgan fingerprint density at radius 2 is 2.27 bits per heavy atom. The van der Waals surface area contributed by atoms with E-state index >= 15 is 0 Å². The molecule has 1 fully saturated rings. The highest BCUT2D eigenvalue weighted by Gasteiger charge is 2.37. The van der Waals surface area contributed by atoms with E-state index in [0.29, 0.717) is 5.69 Å². The van der Waals surface area contributed by atoms with Crippen molar-refractivity contribution in [2.75, 3.05) is 25.1 Å². The van der Waals surface area contributed by atoms with E-state index in [1.54, 1.807) is 20.0 Å². The van der Waals surface area contributed by atoms with Crippen LogP contribution in [0.3, 0.4) is 0 Å². The van der Waals surface area contributed by atoms with Crippen molar-refractivity contribution in [3.05, 3.63) is 29.0 Å². The highest BCUT2D eigenvalue weighted by Crippen LogP contribution is 2.28. The lowest BCUT2D eigenvalue weighted by atomic mass is 10.1. The third-order valence-electron chi connectivity index (χ3n) is 3.96. The van der Waals surface area contributed by atoms with Crippen molar-refractivity contribution in [2.24, 2.45) is 5.92 Å². The number of aliphatic hydroxyl groups excluding tert-OH is 1. The summed E-state index contributed by atoms with van der Waals surface area (Å²) in [7, 11) is 1.60. The van der Waals surface area contributed by atoms with Crippen molar-refractivity contribution in [3.8, 4) is 0 Å². The Balaban J connectivity index is 2.13. The number of carbonyl (C=O) groups is 2. The number of hydrogen-bond acceptors (Lipinski definition) is 3. The largest absolute Gasteiger partial charge is 0.394 e. The minimum absolute atomic E-state index is 0.0143. The maximum absolute atomic E-state index is 13.5. The quantitative estimate of drug-likeness (QED) is 0.914. The van der Waals surface area contributed by atoms with E-state index in [4.69, 9.17) is 16.7 Å². The fourth-order valence-corrected chi connectivity index (χ4v) is 2.52. The number of halogens is 2. The summed E-state index contributed by atoms with van der Waals surface area (Å²) in [5.41, 5.74) is 0.389. The van der Waals surface area contributed by atoms with Gasteiger partial charge in [-0.05, 0) is 25.1 Å². The number of carbonyl (C=O) groups excluding carboxylic acids is 2. The van der Waals surface area contributed by atoms with Gasteiger partial charge in [0.2, 0.25) is 11.8 Å². The zero-order chi connectivity index (χ0) is 16.4. The molecule has 2 unspecified atom stereocenters. The summed E-state index contributed by atoms with van der Waals surface area (Å²) >= 11 is 5.63. The molecule has 1 aromatic rings. The first-order valence-electron chi connectivity index (χ1n) is 6.98. The van der Waals surface area contributed by atoms with Crippen LogP contribution in [0.2, 0.25) is 5.02 Å². The molecule has 1 aliphatic rings. The molecule has 1 N–H and O–H groups in total. The van der Waals surface area contributed by atoms with Crippen LogP contribution in [0.4, 0.5) is 10.1 Å². The first kappa shape index (κ1) is 16.7. The molecule has 2 atom stereocenters. The molecule has 1 saturated heterocycles. The SMILES string of the molecule is CC(CO)N(C)C(=O)C1CC(=O)N(c2ccc(Cl)c(F)c2)C1. The predicted octanol–water partition coefficient (Wildman–Crippen LogP) is 1.67. The Morgan fingerprint density at radius 1 is 1.59 bits per heavy atom. The van der Waals surface area contributed by atoms with Gasteiger partial charge in [-0.1, -0.05) is 11.6 Å². The Hall–Kier alpha value is -1.66. The van der Waals surface area contributed by atoms with Gasteiger partial charge < -0.3 is 14.9 Å². The molecule has 2 amide bonds. The topological polar surface area (TPSA) is 60.9 Å². The highest BCUT2D eigenvalue weighted by molar-refractivity contribution is 6.30. The number of nitrogens with zero attached hydrogens (tertiary/aromatic N) is 2. The van der Waals surface area contributed by atoms with Crippen molar-refractivity contribution in [3.63, 3.8) is 0 Å². The van der Waals surface area contributed by atoms with Crippen molar-refractivity contribution < 1.29 is 19.1 Å². The molecule has 0 aliphatic carbocycles. The molecule has 1 aliphatic heterocycles. The summed E-state index contributed by atoms with van der Waals surface area (Å²) in [4.78, 5) is 27.3. The second-order valence-corrected chi connectivity index (χ2v) is 5.89. The molecule has 0 saturated carbocycles. The second-order valence-electron chi connectivity index (χ2n) is 5.48. The monoisotopic (exact) mass is 328 g/mol. The third kappa shape index (κ3) is 3.23. The molecule has 1 heterocycles. The number of benzene rings is 1. The van der Waals surface area contributed by atoms with Gasteiger partial charge in [-0.3, -0.25) is 9.59 Å². The molecule has 0 spiro atoms. The average Bonchev–Trinajstić information content (AvgIpc) is 2.89. The van der Waals surface area contributed by atoms with Crippen LogP contribution in [-0.4, -0.2) is 48.1 Å². The normalized spacial score (nSPS) is 19.4. The standard InChI is InChI=1S/C15H18ClFN2O3/c1-9(8-20)18(2)15(22)10-5-14(21)19(7-10)11-3-4-12(16)13(17)6-11/h3-4,6,9-10,20H,5,7-8H2,1-2H3. The molecule has 120 valence electrons. The lowest BCUT2D eigenvalue weighted by molar-refractivity contribution is -0.137. The van der Waals surface area contributed by atoms with Crippen LogP contribution in [0.5, 0.6) is 0 Å². The van der Waals surface area contributed by atoms with Crippen molar-refractivity contribution in [1.82, 2.24) is 4.90 Å². The Labute approximate surface area is 133 Å². The van der Waals surface area contributed by atoms with Gasteiger partial charge in [0.15, 0.2) is 0 Å². The zero-order valence-electron chi connectivity index (χ0n) is 12.4. The third-order valence-corrected chi connectivity index (χ3v) is 4.27. The number of amides is 2. The average molecular weight is 329 g/mol. The van der Waals surface area contributed by atoms with E-state index in [-0.39, 0.29) is 42.5 Å². The van der Waals surface area contributed by atoms with Crippen LogP contribution in [0.15, 0.2) is 18.2 Å². The number of aliphatic hydroxyl groups is 1. The highest BCUT2D eigenvalue weighted by atomic mass is 35.5. The number of anilines is 1. The molecular formula is C15H18ClFN2O3. The molecule has 22 heavy (non-hydrogen) atoms. The zero-order valence-corrected chi connectivity index (χ0v) is 13.2. The van der Waals surface area contributed by atoms with Gasteiger partial charge in [0, 0.05) is 25.7 Å². The number of rotatable bonds is 4. The Bertz CT molecular complexity index is 596. The summed E-state index contributed by atoms with van der Waals surface area (Å²) < 4.78 is 13.5. The van der Waals surface area contributed by atoms with E-state index in [1.807, 2.05) is 0 Å². The van der Waals surface area contributed by atoms with Gasteiger partial charge in [-0.2, -0.15) is 0 Å². The van der Waals surface area contributed by atoms with Crippen molar-refractivity contribution in [1.29, 1.82) is 0 Å². The minimum Gasteiger partial charge on any atom is -0.394 e. The Morgan fingerprint density at radius 3 is 2.86 bits per heavy atom. The van der Waals surface area contributed by atoms with Crippen molar-refractivity contribution >= 4 is 29.1 Å². The molecule has 0 bridgehead atoms. The second kappa shape index (κ2) is 6.62.